The highest BCUT2D eigenvalue weighted by molar-refractivity contribution is 6.30. The Balaban J connectivity index is 1.71. The Hall–Kier alpha value is -2.12. The molecule has 24 heavy (non-hydrogen) atoms. The standard InChI is InChI=1S/C16H20ClN5O2/c1-2-18-16(22-7-6-13(23)10-22)19-9-14-20-15(21-24-14)11-4-3-5-12(17)8-11/h3-5,8,13,23H,2,6-7,9-10H2,1H3,(H,18,19)/t13-/m1/s1. The zero-order valence-corrected chi connectivity index (χ0v) is 14.2. The van der Waals surface area contributed by atoms with Crippen LogP contribution in [0.15, 0.2) is 33.8 Å². The van der Waals surface area contributed by atoms with Crippen molar-refractivity contribution >= 4 is 17.6 Å². The lowest BCUT2D eigenvalue weighted by atomic mass is 10.2. The highest BCUT2D eigenvalue weighted by Crippen LogP contribution is 2.20. The summed E-state index contributed by atoms with van der Waals surface area (Å²) in [5.74, 6) is 1.67. The van der Waals surface area contributed by atoms with Crippen LogP contribution >= 0.6 is 11.6 Å². The fourth-order valence-electron chi connectivity index (χ4n) is 2.57. The number of hydrogen-bond donors (Lipinski definition) is 2. The number of aliphatic hydroxyl groups excluding tert-OH is 1. The molecule has 128 valence electrons. The van der Waals surface area contributed by atoms with Crippen molar-refractivity contribution in [2.75, 3.05) is 19.6 Å². The molecule has 0 spiro atoms. The van der Waals surface area contributed by atoms with E-state index in [0.717, 1.165) is 31.0 Å². The molecule has 1 atom stereocenters. The molecule has 7 nitrogen and oxygen atoms in total. The second kappa shape index (κ2) is 7.63. The van der Waals surface area contributed by atoms with Crippen molar-refractivity contribution in [2.45, 2.75) is 26.0 Å². The number of aromatic nitrogens is 2. The first-order valence-electron chi connectivity index (χ1n) is 7.95. The maximum absolute atomic E-state index is 9.68. The number of nitrogens with one attached hydrogen (secondary N) is 1. The number of aliphatic hydroxyl groups is 1. The highest BCUT2D eigenvalue weighted by atomic mass is 35.5. The normalized spacial score (nSPS) is 18.2. The van der Waals surface area contributed by atoms with E-state index in [2.05, 4.69) is 20.4 Å². The van der Waals surface area contributed by atoms with Crippen LogP contribution in [0.3, 0.4) is 0 Å². The SMILES string of the molecule is CCNC(=NCc1nc(-c2cccc(Cl)c2)no1)N1CC[C@@H](O)C1. The largest absolute Gasteiger partial charge is 0.391 e. The molecular weight excluding hydrogens is 330 g/mol. The number of nitrogens with zero attached hydrogens (tertiary/aromatic N) is 4. The molecule has 1 fully saturated rings. The van der Waals surface area contributed by atoms with Crippen LogP contribution in [0.4, 0.5) is 0 Å². The summed E-state index contributed by atoms with van der Waals surface area (Å²) in [6.07, 6.45) is 0.454. The molecule has 0 radical (unpaired) electrons. The molecule has 0 saturated carbocycles. The second-order valence-electron chi connectivity index (χ2n) is 5.58. The number of rotatable bonds is 4. The van der Waals surface area contributed by atoms with Crippen LogP contribution in [0.5, 0.6) is 0 Å². The Morgan fingerprint density at radius 3 is 3.12 bits per heavy atom. The molecule has 1 saturated heterocycles. The van der Waals surface area contributed by atoms with Gasteiger partial charge in [0.15, 0.2) is 5.96 Å². The van der Waals surface area contributed by atoms with Crippen LogP contribution in [0.25, 0.3) is 11.4 Å². The number of benzene rings is 1. The number of β-amino-alcohol motifs (C(OH)–C–C–N with tert-alkyl or cyclic N) is 1. The van der Waals surface area contributed by atoms with Gasteiger partial charge in [-0.25, -0.2) is 4.99 Å². The van der Waals surface area contributed by atoms with Gasteiger partial charge in [0.1, 0.15) is 6.54 Å². The summed E-state index contributed by atoms with van der Waals surface area (Å²) in [7, 11) is 0. The topological polar surface area (TPSA) is 86.8 Å². The van der Waals surface area contributed by atoms with Crippen LogP contribution in [0, 0.1) is 0 Å². The molecule has 0 unspecified atom stereocenters. The fourth-order valence-corrected chi connectivity index (χ4v) is 2.76. The van der Waals surface area contributed by atoms with E-state index in [1.54, 1.807) is 12.1 Å². The van der Waals surface area contributed by atoms with E-state index in [9.17, 15) is 5.11 Å². The number of halogens is 1. The summed E-state index contributed by atoms with van der Waals surface area (Å²) in [6.45, 7) is 4.41. The van der Waals surface area contributed by atoms with Crippen molar-refractivity contribution in [1.29, 1.82) is 0 Å². The molecule has 0 bridgehead atoms. The molecule has 8 heteroatoms. The summed E-state index contributed by atoms with van der Waals surface area (Å²) < 4.78 is 5.26. The van der Waals surface area contributed by atoms with Crippen LogP contribution < -0.4 is 5.32 Å². The van der Waals surface area contributed by atoms with Crippen LogP contribution in [-0.4, -0.2) is 51.8 Å². The first kappa shape index (κ1) is 16.7. The molecule has 0 amide bonds. The minimum Gasteiger partial charge on any atom is -0.391 e. The first-order chi connectivity index (χ1) is 11.7. The zero-order valence-electron chi connectivity index (χ0n) is 13.4. The maximum Gasteiger partial charge on any atom is 0.248 e. The molecular formula is C16H20ClN5O2. The maximum atomic E-state index is 9.68. The van der Waals surface area contributed by atoms with Gasteiger partial charge in [-0.15, -0.1) is 0 Å². The lowest BCUT2D eigenvalue weighted by Gasteiger charge is -2.20. The quantitative estimate of drug-likeness (QED) is 0.648. The van der Waals surface area contributed by atoms with Crippen molar-refractivity contribution in [3.8, 4) is 11.4 Å². The van der Waals surface area contributed by atoms with E-state index >= 15 is 0 Å². The lowest BCUT2D eigenvalue weighted by molar-refractivity contribution is 0.187. The monoisotopic (exact) mass is 349 g/mol. The van der Waals surface area contributed by atoms with E-state index in [4.69, 9.17) is 16.1 Å². The minimum atomic E-state index is -0.299. The van der Waals surface area contributed by atoms with Crippen LogP contribution in [-0.2, 0) is 6.54 Å². The van der Waals surface area contributed by atoms with Gasteiger partial charge in [-0.1, -0.05) is 28.9 Å². The van der Waals surface area contributed by atoms with Gasteiger partial charge in [-0.3, -0.25) is 0 Å². The van der Waals surface area contributed by atoms with E-state index in [-0.39, 0.29) is 12.6 Å². The molecule has 3 rings (SSSR count). The molecule has 1 aliphatic rings. The summed E-state index contributed by atoms with van der Waals surface area (Å²) in [5, 5.41) is 17.5. The predicted octanol–water partition coefficient (Wildman–Crippen LogP) is 1.92. The Morgan fingerprint density at radius 1 is 1.54 bits per heavy atom. The van der Waals surface area contributed by atoms with Crippen molar-refractivity contribution in [3.63, 3.8) is 0 Å². The van der Waals surface area contributed by atoms with Gasteiger partial charge in [0, 0.05) is 30.2 Å². The van der Waals surface area contributed by atoms with Gasteiger partial charge >= 0.3 is 0 Å². The van der Waals surface area contributed by atoms with Gasteiger partial charge < -0.3 is 19.8 Å². The molecule has 1 aliphatic heterocycles. The Bertz CT molecular complexity index is 718. The summed E-state index contributed by atoms with van der Waals surface area (Å²) >= 11 is 5.98. The third kappa shape index (κ3) is 4.04. The molecule has 1 aromatic heterocycles. The van der Waals surface area contributed by atoms with E-state index in [0.29, 0.717) is 23.3 Å². The van der Waals surface area contributed by atoms with Crippen molar-refractivity contribution in [3.05, 3.63) is 35.2 Å². The molecule has 2 heterocycles. The molecule has 2 N–H and O–H groups in total. The van der Waals surface area contributed by atoms with Gasteiger partial charge in [-0.2, -0.15) is 4.98 Å². The third-order valence-corrected chi connectivity index (χ3v) is 3.95. The summed E-state index contributed by atoms with van der Waals surface area (Å²) in [6, 6.07) is 7.30. The van der Waals surface area contributed by atoms with E-state index < -0.39 is 0 Å². The predicted molar refractivity (Wildman–Crippen MR) is 91.8 cm³/mol. The van der Waals surface area contributed by atoms with Crippen LogP contribution in [0.2, 0.25) is 5.02 Å². The number of hydrogen-bond acceptors (Lipinski definition) is 5. The number of guanidine groups is 1. The number of likely N-dealkylation sites (tertiary alicyclic amines) is 1. The average Bonchev–Trinajstić information content (AvgIpc) is 3.20. The minimum absolute atomic E-state index is 0.280. The van der Waals surface area contributed by atoms with Crippen molar-refractivity contribution in [1.82, 2.24) is 20.4 Å². The first-order valence-corrected chi connectivity index (χ1v) is 8.33. The Morgan fingerprint density at radius 2 is 2.42 bits per heavy atom. The van der Waals surface area contributed by atoms with Gasteiger partial charge in [0.05, 0.1) is 6.10 Å². The van der Waals surface area contributed by atoms with Gasteiger partial charge in [0.25, 0.3) is 0 Å². The second-order valence-corrected chi connectivity index (χ2v) is 6.02. The highest BCUT2D eigenvalue weighted by Gasteiger charge is 2.23. The molecule has 1 aromatic carbocycles. The fraction of sp³-hybridized carbons (Fsp3) is 0.438. The van der Waals surface area contributed by atoms with Crippen LogP contribution in [0.1, 0.15) is 19.2 Å². The van der Waals surface area contributed by atoms with E-state index in [1.807, 2.05) is 24.0 Å². The molecule has 0 aliphatic carbocycles. The van der Waals surface area contributed by atoms with Crippen molar-refractivity contribution in [2.24, 2.45) is 4.99 Å². The Labute approximate surface area is 145 Å². The molecule has 2 aromatic rings. The van der Waals surface area contributed by atoms with E-state index in [1.165, 1.54) is 0 Å². The summed E-state index contributed by atoms with van der Waals surface area (Å²) in [5.41, 5.74) is 0.802. The van der Waals surface area contributed by atoms with Crippen molar-refractivity contribution < 1.29 is 9.63 Å². The summed E-state index contributed by atoms with van der Waals surface area (Å²) in [4.78, 5) is 10.9. The lowest BCUT2D eigenvalue weighted by Crippen LogP contribution is -2.40. The third-order valence-electron chi connectivity index (χ3n) is 3.71. The zero-order chi connectivity index (χ0) is 16.9. The van der Waals surface area contributed by atoms with Gasteiger partial charge in [-0.05, 0) is 25.5 Å². The smallest absolute Gasteiger partial charge is 0.248 e. The average molecular weight is 350 g/mol. The number of aliphatic imine (C=N–C) groups is 1. The Kier molecular flexibility index (Phi) is 5.32. The van der Waals surface area contributed by atoms with Gasteiger partial charge in [0.2, 0.25) is 11.7 Å².